The molecule has 1 aromatic carbocycles. The van der Waals surface area contributed by atoms with E-state index in [1.807, 2.05) is 0 Å². The molecule has 0 amide bonds. The number of benzene rings is 1. The van der Waals surface area contributed by atoms with Gasteiger partial charge in [0.05, 0.1) is 6.61 Å². The molecule has 5 heteroatoms. The zero-order chi connectivity index (χ0) is 14.7. The number of ether oxygens (including phenoxy) is 1. The monoisotopic (exact) mass is 290 g/mol. The van der Waals surface area contributed by atoms with Crippen molar-refractivity contribution in [3.8, 4) is 5.75 Å². The minimum absolute atomic E-state index is 0.206. The molecule has 20 heavy (non-hydrogen) atoms. The van der Waals surface area contributed by atoms with E-state index in [1.54, 1.807) is 0 Å². The molecule has 0 radical (unpaired) electrons. The Labute approximate surface area is 115 Å². The van der Waals surface area contributed by atoms with Crippen LogP contribution in [0.5, 0.6) is 5.75 Å². The summed E-state index contributed by atoms with van der Waals surface area (Å²) in [6, 6.07) is 0.561. The molecular formula is C15H18F4O. The Kier molecular flexibility index (Phi) is 4.89. The lowest BCUT2D eigenvalue weighted by Gasteiger charge is -2.27. The minimum Gasteiger partial charge on any atom is -0.490 e. The Balaban J connectivity index is 1.95. The van der Waals surface area contributed by atoms with Crippen molar-refractivity contribution in [3.63, 3.8) is 0 Å². The molecule has 0 aromatic heterocycles. The molecule has 0 atom stereocenters. The van der Waals surface area contributed by atoms with Gasteiger partial charge in [0.25, 0.3) is 0 Å². The maximum Gasteiger partial charge on any atom is 0.203 e. The van der Waals surface area contributed by atoms with Crippen LogP contribution in [0, 0.1) is 35.1 Å². The molecule has 0 saturated heterocycles. The van der Waals surface area contributed by atoms with Crippen LogP contribution in [-0.4, -0.2) is 6.61 Å². The average Bonchev–Trinajstić information content (AvgIpc) is 2.48. The van der Waals surface area contributed by atoms with Crippen LogP contribution >= 0.6 is 0 Å². The van der Waals surface area contributed by atoms with E-state index in [0.29, 0.717) is 6.07 Å². The van der Waals surface area contributed by atoms with E-state index in [4.69, 9.17) is 4.74 Å². The summed E-state index contributed by atoms with van der Waals surface area (Å²) in [4.78, 5) is 0. The van der Waals surface area contributed by atoms with Gasteiger partial charge >= 0.3 is 0 Å². The van der Waals surface area contributed by atoms with Crippen LogP contribution in [0.25, 0.3) is 0 Å². The van der Waals surface area contributed by atoms with Crippen LogP contribution in [0.2, 0.25) is 0 Å². The highest BCUT2D eigenvalue weighted by Crippen LogP contribution is 2.32. The Morgan fingerprint density at radius 2 is 1.55 bits per heavy atom. The second kappa shape index (κ2) is 6.46. The maximum atomic E-state index is 13.4. The molecule has 1 fully saturated rings. The van der Waals surface area contributed by atoms with Gasteiger partial charge in [-0.1, -0.05) is 26.2 Å². The molecule has 1 aromatic rings. The third-order valence-corrected chi connectivity index (χ3v) is 4.09. The molecule has 0 aliphatic heterocycles. The predicted octanol–water partition coefficient (Wildman–Crippen LogP) is 4.84. The molecule has 1 aliphatic carbocycles. The third kappa shape index (κ3) is 3.25. The first-order chi connectivity index (χ1) is 9.52. The van der Waals surface area contributed by atoms with E-state index in [0.717, 1.165) is 38.0 Å². The zero-order valence-electron chi connectivity index (χ0n) is 11.4. The van der Waals surface area contributed by atoms with Gasteiger partial charge in [-0.15, -0.1) is 0 Å². The summed E-state index contributed by atoms with van der Waals surface area (Å²) in [5.41, 5.74) is 0. The molecule has 0 spiro atoms. The van der Waals surface area contributed by atoms with E-state index in [2.05, 4.69) is 6.92 Å². The van der Waals surface area contributed by atoms with Crippen LogP contribution in [0.15, 0.2) is 6.07 Å². The van der Waals surface area contributed by atoms with Crippen molar-refractivity contribution in [2.45, 2.75) is 39.0 Å². The molecule has 0 N–H and O–H groups in total. The highest BCUT2D eigenvalue weighted by atomic mass is 19.2. The second-order valence-corrected chi connectivity index (χ2v) is 5.40. The van der Waals surface area contributed by atoms with Crippen molar-refractivity contribution in [1.29, 1.82) is 0 Å². The zero-order valence-corrected chi connectivity index (χ0v) is 11.4. The first kappa shape index (κ1) is 15.1. The lowest BCUT2D eigenvalue weighted by atomic mass is 9.81. The fourth-order valence-electron chi connectivity index (χ4n) is 2.67. The molecule has 1 nitrogen and oxygen atoms in total. The van der Waals surface area contributed by atoms with Gasteiger partial charge in [-0.25, -0.2) is 13.2 Å². The van der Waals surface area contributed by atoms with Crippen molar-refractivity contribution in [2.24, 2.45) is 11.8 Å². The largest absolute Gasteiger partial charge is 0.490 e. The number of hydrogen-bond acceptors (Lipinski definition) is 1. The normalized spacial score (nSPS) is 22.9. The predicted molar refractivity (Wildman–Crippen MR) is 67.5 cm³/mol. The fraction of sp³-hybridized carbons (Fsp3) is 0.600. The van der Waals surface area contributed by atoms with Crippen molar-refractivity contribution in [2.75, 3.05) is 6.61 Å². The highest BCUT2D eigenvalue weighted by molar-refractivity contribution is 5.27. The molecule has 0 heterocycles. The molecule has 0 bridgehead atoms. The molecule has 0 unspecified atom stereocenters. The van der Waals surface area contributed by atoms with Crippen LogP contribution < -0.4 is 4.74 Å². The summed E-state index contributed by atoms with van der Waals surface area (Å²) in [7, 11) is 0. The summed E-state index contributed by atoms with van der Waals surface area (Å²) in [6.45, 7) is 2.36. The smallest absolute Gasteiger partial charge is 0.203 e. The lowest BCUT2D eigenvalue weighted by molar-refractivity contribution is 0.174. The number of rotatable bonds is 4. The molecule has 1 aliphatic rings. The SMILES string of the molecule is CC[C@H]1CC[C@H](COc2cc(F)c(F)c(F)c2F)CC1. The summed E-state index contributed by atoms with van der Waals surface area (Å²) in [5, 5.41) is 0. The highest BCUT2D eigenvalue weighted by Gasteiger charge is 2.23. The van der Waals surface area contributed by atoms with Gasteiger partial charge in [0.15, 0.2) is 17.4 Å². The van der Waals surface area contributed by atoms with E-state index >= 15 is 0 Å². The van der Waals surface area contributed by atoms with Gasteiger partial charge in [0, 0.05) is 6.07 Å². The first-order valence-electron chi connectivity index (χ1n) is 6.98. The Morgan fingerprint density at radius 1 is 0.950 bits per heavy atom. The van der Waals surface area contributed by atoms with Crippen LogP contribution in [0.3, 0.4) is 0 Å². The van der Waals surface area contributed by atoms with Gasteiger partial charge in [-0.3, -0.25) is 0 Å². The van der Waals surface area contributed by atoms with Crippen molar-refractivity contribution < 1.29 is 22.3 Å². The van der Waals surface area contributed by atoms with Crippen molar-refractivity contribution >= 4 is 0 Å². The van der Waals surface area contributed by atoms with Crippen LogP contribution in [0.4, 0.5) is 17.6 Å². The fourth-order valence-corrected chi connectivity index (χ4v) is 2.67. The Morgan fingerprint density at radius 3 is 2.15 bits per heavy atom. The van der Waals surface area contributed by atoms with Gasteiger partial charge in [0.2, 0.25) is 11.6 Å². The Bertz CT molecular complexity index is 467. The van der Waals surface area contributed by atoms with E-state index < -0.39 is 29.0 Å². The maximum absolute atomic E-state index is 13.4. The first-order valence-corrected chi connectivity index (χ1v) is 6.98. The van der Waals surface area contributed by atoms with Gasteiger partial charge in [-0.2, -0.15) is 4.39 Å². The van der Waals surface area contributed by atoms with Gasteiger partial charge in [0.1, 0.15) is 0 Å². The van der Waals surface area contributed by atoms with E-state index in [-0.39, 0.29) is 12.5 Å². The standard InChI is InChI=1S/C15H18F4O/c1-2-9-3-5-10(6-4-9)8-20-12-7-11(16)13(17)15(19)14(12)18/h7,9-10H,2-6,8H2,1H3/t9-,10-. The third-order valence-electron chi connectivity index (χ3n) is 4.09. The van der Waals surface area contributed by atoms with Crippen LogP contribution in [-0.2, 0) is 0 Å². The number of hydrogen-bond donors (Lipinski definition) is 0. The lowest BCUT2D eigenvalue weighted by Crippen LogP contribution is -2.20. The molecule has 1 saturated carbocycles. The number of halogens is 4. The average molecular weight is 290 g/mol. The van der Waals surface area contributed by atoms with Crippen LogP contribution in [0.1, 0.15) is 39.0 Å². The summed E-state index contributed by atoms with van der Waals surface area (Å²) >= 11 is 0. The van der Waals surface area contributed by atoms with E-state index in [1.165, 1.54) is 0 Å². The molecule has 112 valence electrons. The van der Waals surface area contributed by atoms with E-state index in [9.17, 15) is 17.6 Å². The van der Waals surface area contributed by atoms with Crippen molar-refractivity contribution in [1.82, 2.24) is 0 Å². The summed E-state index contributed by atoms with van der Waals surface area (Å²) in [6.07, 6.45) is 5.27. The topological polar surface area (TPSA) is 9.23 Å². The summed E-state index contributed by atoms with van der Waals surface area (Å²) < 4.78 is 57.4. The molecular weight excluding hydrogens is 272 g/mol. The van der Waals surface area contributed by atoms with Gasteiger partial charge in [-0.05, 0) is 24.7 Å². The minimum atomic E-state index is -1.82. The second-order valence-electron chi connectivity index (χ2n) is 5.40. The Hall–Kier alpha value is -1.26. The van der Waals surface area contributed by atoms with Crippen molar-refractivity contribution in [3.05, 3.63) is 29.3 Å². The molecule has 2 rings (SSSR count). The van der Waals surface area contributed by atoms with Gasteiger partial charge < -0.3 is 4.74 Å². The quantitative estimate of drug-likeness (QED) is 0.438. The summed E-state index contributed by atoms with van der Waals surface area (Å²) in [5.74, 6) is -6.11.